The van der Waals surface area contributed by atoms with Gasteiger partial charge in [0.25, 0.3) is 0 Å². The molecule has 1 aromatic rings. The van der Waals surface area contributed by atoms with E-state index in [2.05, 4.69) is 4.74 Å². The molecule has 0 aromatic heterocycles. The van der Waals surface area contributed by atoms with Crippen molar-refractivity contribution in [1.82, 2.24) is 4.90 Å². The summed E-state index contributed by atoms with van der Waals surface area (Å²) in [6, 6.07) is 2.17. The van der Waals surface area contributed by atoms with Gasteiger partial charge in [-0.15, -0.1) is 0 Å². The van der Waals surface area contributed by atoms with Crippen LogP contribution in [0.25, 0.3) is 0 Å². The highest BCUT2D eigenvalue weighted by molar-refractivity contribution is 5.69. The summed E-state index contributed by atoms with van der Waals surface area (Å²) in [5, 5.41) is 0. The molecule has 1 rings (SSSR count). The normalized spacial score (nSPS) is 11.2. The fraction of sp³-hybridized carbons (Fsp3) is 0.500. The van der Waals surface area contributed by atoms with Gasteiger partial charge in [-0.2, -0.15) is 8.78 Å². The molecule has 7 heteroatoms. The van der Waals surface area contributed by atoms with Crippen LogP contribution in [0.1, 0.15) is 0 Å². The first-order chi connectivity index (χ1) is 8.81. The number of alkyl halides is 2. The highest BCUT2D eigenvalue weighted by Crippen LogP contribution is 2.31. The third-order valence-corrected chi connectivity index (χ3v) is 2.59. The van der Waals surface area contributed by atoms with Gasteiger partial charge in [0.1, 0.15) is 0 Å². The topological polar surface area (TPSA) is 41.7 Å². The van der Waals surface area contributed by atoms with Crippen LogP contribution in [0.2, 0.25) is 0 Å². The van der Waals surface area contributed by atoms with Crippen molar-refractivity contribution >= 4 is 11.4 Å². The van der Waals surface area contributed by atoms with Gasteiger partial charge in [0.2, 0.25) is 0 Å². The molecule has 0 radical (unpaired) electrons. The Morgan fingerprint density at radius 3 is 2.37 bits per heavy atom. The molecule has 0 spiro atoms. The van der Waals surface area contributed by atoms with Crippen LogP contribution in [0.4, 0.5) is 24.5 Å². The smallest absolute Gasteiger partial charge is 0.387 e. The number of nitrogens with two attached hydrogens (primary N) is 1. The first-order valence-electron chi connectivity index (χ1n) is 5.71. The SMILES string of the molecule is CN(C)CCN(C)c1cc(OC(F)F)c(F)cc1N. The number of rotatable bonds is 6. The molecule has 0 aliphatic rings. The van der Waals surface area contributed by atoms with E-state index in [9.17, 15) is 13.2 Å². The summed E-state index contributed by atoms with van der Waals surface area (Å²) in [5.41, 5.74) is 6.33. The molecular formula is C12H18F3N3O. The van der Waals surface area contributed by atoms with Crippen LogP contribution in [0.3, 0.4) is 0 Å². The van der Waals surface area contributed by atoms with Crippen LogP contribution in [0, 0.1) is 5.82 Å². The molecule has 0 heterocycles. The monoisotopic (exact) mass is 277 g/mol. The molecular weight excluding hydrogens is 259 g/mol. The van der Waals surface area contributed by atoms with E-state index in [1.54, 1.807) is 11.9 Å². The van der Waals surface area contributed by atoms with E-state index >= 15 is 0 Å². The predicted molar refractivity (Wildman–Crippen MR) is 69.3 cm³/mol. The maximum absolute atomic E-state index is 13.4. The van der Waals surface area contributed by atoms with E-state index < -0.39 is 18.2 Å². The van der Waals surface area contributed by atoms with Gasteiger partial charge in [0, 0.05) is 32.3 Å². The minimum absolute atomic E-state index is 0.181. The second-order valence-electron chi connectivity index (χ2n) is 4.44. The summed E-state index contributed by atoms with van der Waals surface area (Å²) in [7, 11) is 5.57. The van der Waals surface area contributed by atoms with Crippen molar-refractivity contribution in [3.05, 3.63) is 17.9 Å². The summed E-state index contributed by atoms with van der Waals surface area (Å²) < 4.78 is 41.8. The number of likely N-dealkylation sites (N-methyl/N-ethyl adjacent to an activating group) is 2. The standard InChI is InChI=1S/C12H18F3N3O/c1-17(2)4-5-18(3)10-7-11(19-12(14)15)8(13)6-9(10)16/h6-7,12H,4-5,16H2,1-3H3. The number of ether oxygens (including phenoxy) is 1. The van der Waals surface area contributed by atoms with Crippen molar-refractivity contribution in [1.29, 1.82) is 0 Å². The van der Waals surface area contributed by atoms with Gasteiger partial charge in [0.05, 0.1) is 11.4 Å². The Bertz CT molecular complexity index is 427. The largest absolute Gasteiger partial charge is 0.432 e. The summed E-state index contributed by atoms with van der Waals surface area (Å²) >= 11 is 0. The van der Waals surface area contributed by atoms with E-state index in [4.69, 9.17) is 5.73 Å². The van der Waals surface area contributed by atoms with E-state index in [0.29, 0.717) is 12.2 Å². The summed E-state index contributed by atoms with van der Waals surface area (Å²) in [6.07, 6.45) is 0. The quantitative estimate of drug-likeness (QED) is 0.808. The highest BCUT2D eigenvalue weighted by Gasteiger charge is 2.15. The second kappa shape index (κ2) is 6.51. The first-order valence-corrected chi connectivity index (χ1v) is 5.71. The van der Waals surface area contributed by atoms with E-state index in [1.165, 1.54) is 6.07 Å². The van der Waals surface area contributed by atoms with Crippen LogP contribution in [-0.2, 0) is 0 Å². The lowest BCUT2D eigenvalue weighted by molar-refractivity contribution is -0.0521. The number of anilines is 2. The average Bonchev–Trinajstić information content (AvgIpc) is 2.29. The molecule has 0 unspecified atom stereocenters. The minimum atomic E-state index is -3.07. The van der Waals surface area contributed by atoms with Crippen molar-refractivity contribution in [2.24, 2.45) is 0 Å². The van der Waals surface area contributed by atoms with Gasteiger partial charge in [-0.05, 0) is 14.1 Å². The molecule has 0 saturated carbocycles. The van der Waals surface area contributed by atoms with Crippen molar-refractivity contribution in [3.8, 4) is 5.75 Å². The zero-order valence-corrected chi connectivity index (χ0v) is 11.2. The van der Waals surface area contributed by atoms with E-state index in [1.807, 2.05) is 19.0 Å². The van der Waals surface area contributed by atoms with E-state index in [-0.39, 0.29) is 5.69 Å². The number of nitrogens with zero attached hydrogens (tertiary/aromatic N) is 2. The molecule has 0 amide bonds. The number of benzene rings is 1. The average molecular weight is 277 g/mol. The highest BCUT2D eigenvalue weighted by atomic mass is 19.3. The molecule has 0 atom stereocenters. The zero-order chi connectivity index (χ0) is 14.6. The van der Waals surface area contributed by atoms with Gasteiger partial charge in [0.15, 0.2) is 11.6 Å². The van der Waals surface area contributed by atoms with Crippen LogP contribution >= 0.6 is 0 Å². The Hall–Kier alpha value is -1.63. The fourth-order valence-electron chi connectivity index (χ4n) is 1.55. The van der Waals surface area contributed by atoms with Crippen LogP contribution in [0.15, 0.2) is 12.1 Å². The maximum atomic E-state index is 13.4. The van der Waals surface area contributed by atoms with Gasteiger partial charge in [-0.25, -0.2) is 4.39 Å². The molecule has 1 aromatic carbocycles. The van der Waals surface area contributed by atoms with Crippen molar-refractivity contribution in [2.75, 3.05) is 44.9 Å². The second-order valence-corrected chi connectivity index (χ2v) is 4.44. The zero-order valence-electron chi connectivity index (χ0n) is 11.2. The number of hydrogen-bond donors (Lipinski definition) is 1. The van der Waals surface area contributed by atoms with Gasteiger partial charge in [-0.3, -0.25) is 0 Å². The van der Waals surface area contributed by atoms with Gasteiger partial charge >= 0.3 is 6.61 Å². The maximum Gasteiger partial charge on any atom is 0.387 e. The van der Waals surface area contributed by atoms with Crippen molar-refractivity contribution in [2.45, 2.75) is 6.61 Å². The van der Waals surface area contributed by atoms with Crippen LogP contribution in [-0.4, -0.2) is 45.7 Å². The van der Waals surface area contributed by atoms with Crippen molar-refractivity contribution in [3.63, 3.8) is 0 Å². The third-order valence-electron chi connectivity index (χ3n) is 2.59. The number of hydrogen-bond acceptors (Lipinski definition) is 4. The number of halogens is 3. The molecule has 0 fully saturated rings. The van der Waals surface area contributed by atoms with E-state index in [0.717, 1.165) is 12.6 Å². The summed E-state index contributed by atoms with van der Waals surface area (Å²) in [4.78, 5) is 3.72. The predicted octanol–water partition coefficient (Wildman–Crippen LogP) is 2.01. The fourth-order valence-corrected chi connectivity index (χ4v) is 1.55. The molecule has 19 heavy (non-hydrogen) atoms. The van der Waals surface area contributed by atoms with Gasteiger partial charge in [-0.1, -0.05) is 0 Å². The Morgan fingerprint density at radius 2 is 1.84 bits per heavy atom. The molecule has 0 aliphatic heterocycles. The molecule has 4 nitrogen and oxygen atoms in total. The Labute approximate surface area is 110 Å². The summed E-state index contributed by atoms with van der Waals surface area (Å²) in [6.45, 7) is -1.70. The van der Waals surface area contributed by atoms with Gasteiger partial charge < -0.3 is 20.3 Å². The lowest BCUT2D eigenvalue weighted by Crippen LogP contribution is -2.29. The third kappa shape index (κ3) is 4.51. The molecule has 0 aliphatic carbocycles. The van der Waals surface area contributed by atoms with Crippen LogP contribution in [0.5, 0.6) is 5.75 Å². The lowest BCUT2D eigenvalue weighted by atomic mass is 10.2. The molecule has 2 N–H and O–H groups in total. The molecule has 108 valence electrons. The minimum Gasteiger partial charge on any atom is -0.432 e. The Morgan fingerprint density at radius 1 is 1.21 bits per heavy atom. The van der Waals surface area contributed by atoms with Crippen molar-refractivity contribution < 1.29 is 17.9 Å². The Balaban J connectivity index is 2.93. The lowest BCUT2D eigenvalue weighted by Gasteiger charge is -2.23. The summed E-state index contributed by atoms with van der Waals surface area (Å²) in [5.74, 6) is -1.40. The number of nitrogen functional groups attached to an aromatic ring is 1. The Kier molecular flexibility index (Phi) is 5.29. The molecule has 0 bridgehead atoms. The van der Waals surface area contributed by atoms with Crippen LogP contribution < -0.4 is 15.4 Å². The first kappa shape index (κ1) is 15.4. The molecule has 0 saturated heterocycles.